The van der Waals surface area contributed by atoms with Gasteiger partial charge in [0.25, 0.3) is 5.91 Å². The van der Waals surface area contributed by atoms with E-state index < -0.39 is 24.2 Å². The van der Waals surface area contributed by atoms with E-state index in [4.69, 9.17) is 9.47 Å². The Morgan fingerprint density at radius 2 is 2.03 bits per heavy atom. The van der Waals surface area contributed by atoms with Gasteiger partial charge in [0.2, 0.25) is 0 Å². The van der Waals surface area contributed by atoms with Crippen molar-refractivity contribution in [2.75, 3.05) is 45.3 Å². The summed E-state index contributed by atoms with van der Waals surface area (Å²) in [6, 6.07) is 4.91. The molecule has 1 N–H and O–H groups in total. The number of imide groups is 1. The lowest BCUT2D eigenvalue weighted by Gasteiger charge is -2.43. The van der Waals surface area contributed by atoms with E-state index in [1.54, 1.807) is 21.1 Å². The molecule has 3 unspecified atom stereocenters. The minimum absolute atomic E-state index is 0.194. The molecule has 3 heterocycles. The first-order valence-electron chi connectivity index (χ1n) is 10.5. The molecule has 3 saturated heterocycles. The smallest absolute Gasteiger partial charge is 0.328 e. The van der Waals surface area contributed by atoms with Crippen LogP contribution in [0.25, 0.3) is 0 Å². The molecule has 3 atom stereocenters. The molecule has 31 heavy (non-hydrogen) atoms. The van der Waals surface area contributed by atoms with Crippen molar-refractivity contribution in [3.63, 3.8) is 0 Å². The fourth-order valence-corrected chi connectivity index (χ4v) is 4.67. The molecule has 1 aromatic rings. The molecule has 3 amide bonds. The summed E-state index contributed by atoms with van der Waals surface area (Å²) >= 11 is 0. The molecule has 10 heteroatoms. The molecule has 0 aliphatic carbocycles. The SMILES string of the molecule is CCOC(=O)CN1C(=O)C2C(NC3N(c4cc(C)ccc4OC)CCCN23)N(C)C1=O. The number of hydrogen-bond acceptors (Lipinski definition) is 8. The number of methoxy groups -OCH3 is 1. The van der Waals surface area contributed by atoms with Crippen LogP contribution in [0.15, 0.2) is 18.2 Å². The minimum atomic E-state index is -0.594. The summed E-state index contributed by atoms with van der Waals surface area (Å²) in [5.41, 5.74) is 2.04. The number of carbonyl (C=O) groups is 3. The zero-order chi connectivity index (χ0) is 22.3. The molecule has 3 aliphatic rings. The summed E-state index contributed by atoms with van der Waals surface area (Å²) in [7, 11) is 3.29. The van der Waals surface area contributed by atoms with Crippen LogP contribution in [0.3, 0.4) is 0 Å². The van der Waals surface area contributed by atoms with E-state index >= 15 is 0 Å². The number of ether oxygens (including phenoxy) is 2. The van der Waals surface area contributed by atoms with Crippen molar-refractivity contribution in [1.29, 1.82) is 0 Å². The molecule has 1 aromatic carbocycles. The third-order valence-electron chi connectivity index (χ3n) is 6.11. The van der Waals surface area contributed by atoms with Gasteiger partial charge in [-0.25, -0.2) is 4.79 Å². The standard InChI is InChI=1S/C21H29N5O5/c1-5-31-16(27)12-26-19(28)17-18(23(3)21(26)29)22-20-24(9-6-10-25(17)20)14-11-13(2)7-8-15(14)30-4/h7-8,11,17-18,20,22H,5-6,9-10,12H2,1-4H3. The molecule has 0 radical (unpaired) electrons. The average Bonchev–Trinajstić information content (AvgIpc) is 3.15. The van der Waals surface area contributed by atoms with Crippen LogP contribution < -0.4 is 15.0 Å². The second-order valence-electron chi connectivity index (χ2n) is 8.01. The van der Waals surface area contributed by atoms with Gasteiger partial charge < -0.3 is 19.3 Å². The predicted molar refractivity (Wildman–Crippen MR) is 112 cm³/mol. The van der Waals surface area contributed by atoms with Gasteiger partial charge in [-0.2, -0.15) is 0 Å². The Morgan fingerprint density at radius 3 is 2.74 bits per heavy atom. The van der Waals surface area contributed by atoms with Crippen molar-refractivity contribution < 1.29 is 23.9 Å². The summed E-state index contributed by atoms with van der Waals surface area (Å²) in [6.07, 6.45) is 0.0856. The lowest BCUT2D eigenvalue weighted by Crippen LogP contribution is -2.67. The summed E-state index contributed by atoms with van der Waals surface area (Å²) in [6.45, 7) is 5.01. The summed E-state index contributed by atoms with van der Waals surface area (Å²) in [5.74, 6) is -0.221. The number of hydrogen-bond donors (Lipinski definition) is 1. The van der Waals surface area contributed by atoms with Gasteiger partial charge in [-0.15, -0.1) is 0 Å². The normalized spacial score (nSPS) is 26.1. The molecule has 10 nitrogen and oxygen atoms in total. The maximum Gasteiger partial charge on any atom is 0.328 e. The molecule has 168 valence electrons. The third kappa shape index (κ3) is 3.59. The van der Waals surface area contributed by atoms with Crippen molar-refractivity contribution in [2.24, 2.45) is 0 Å². The highest BCUT2D eigenvalue weighted by Gasteiger charge is 2.56. The minimum Gasteiger partial charge on any atom is -0.495 e. The van der Waals surface area contributed by atoms with E-state index in [0.717, 1.165) is 34.9 Å². The van der Waals surface area contributed by atoms with Crippen molar-refractivity contribution in [1.82, 2.24) is 20.0 Å². The van der Waals surface area contributed by atoms with E-state index in [9.17, 15) is 14.4 Å². The number of nitrogens with one attached hydrogen (secondary N) is 1. The Labute approximate surface area is 181 Å². The second-order valence-corrected chi connectivity index (χ2v) is 8.01. The zero-order valence-electron chi connectivity index (χ0n) is 18.3. The van der Waals surface area contributed by atoms with Gasteiger partial charge in [0.05, 0.1) is 19.4 Å². The van der Waals surface area contributed by atoms with Crippen LogP contribution in [0.2, 0.25) is 0 Å². The molecule has 0 bridgehead atoms. The van der Waals surface area contributed by atoms with Crippen molar-refractivity contribution in [3.8, 4) is 5.75 Å². The zero-order valence-corrected chi connectivity index (χ0v) is 18.3. The van der Waals surface area contributed by atoms with E-state index in [1.807, 2.05) is 19.1 Å². The number of aryl methyl sites for hydroxylation is 1. The Kier molecular flexibility index (Phi) is 5.76. The number of rotatable bonds is 5. The molecular formula is C21H29N5O5. The van der Waals surface area contributed by atoms with E-state index in [2.05, 4.69) is 21.2 Å². The fraction of sp³-hybridized carbons (Fsp3) is 0.571. The third-order valence-corrected chi connectivity index (χ3v) is 6.11. The number of esters is 1. The lowest BCUT2D eigenvalue weighted by molar-refractivity contribution is -0.151. The van der Waals surface area contributed by atoms with Crippen molar-refractivity contribution >= 4 is 23.6 Å². The Bertz CT molecular complexity index is 893. The van der Waals surface area contributed by atoms with Gasteiger partial charge >= 0.3 is 12.0 Å². The van der Waals surface area contributed by atoms with E-state index in [-0.39, 0.29) is 25.3 Å². The number of nitrogens with zero attached hydrogens (tertiary/aromatic N) is 4. The van der Waals surface area contributed by atoms with Crippen LogP contribution in [0, 0.1) is 6.92 Å². The van der Waals surface area contributed by atoms with Crippen LogP contribution in [-0.4, -0.2) is 91.5 Å². The molecular weight excluding hydrogens is 402 g/mol. The predicted octanol–water partition coefficient (Wildman–Crippen LogP) is 0.554. The Hall–Kier alpha value is -2.85. The monoisotopic (exact) mass is 431 g/mol. The molecule has 0 spiro atoms. The largest absolute Gasteiger partial charge is 0.495 e. The maximum atomic E-state index is 13.3. The van der Waals surface area contributed by atoms with Gasteiger partial charge in [-0.3, -0.25) is 24.7 Å². The number of benzene rings is 1. The molecule has 3 aliphatic heterocycles. The molecule has 4 rings (SSSR count). The first-order valence-corrected chi connectivity index (χ1v) is 10.5. The lowest BCUT2D eigenvalue weighted by atomic mass is 10.1. The number of anilines is 1. The number of carbonyl (C=O) groups excluding carboxylic acids is 3. The maximum absolute atomic E-state index is 13.3. The molecule has 0 saturated carbocycles. The van der Waals surface area contributed by atoms with Gasteiger partial charge in [-0.1, -0.05) is 6.07 Å². The Balaban J connectivity index is 1.64. The first-order chi connectivity index (χ1) is 14.9. The van der Waals surface area contributed by atoms with Gasteiger partial charge in [0.15, 0.2) is 0 Å². The summed E-state index contributed by atoms with van der Waals surface area (Å²) in [4.78, 5) is 44.9. The second kappa shape index (κ2) is 8.35. The average molecular weight is 431 g/mol. The number of amides is 3. The highest BCUT2D eigenvalue weighted by atomic mass is 16.5. The van der Waals surface area contributed by atoms with Gasteiger partial charge in [0, 0.05) is 20.1 Å². The first kappa shape index (κ1) is 21.4. The van der Waals surface area contributed by atoms with Crippen molar-refractivity contribution in [2.45, 2.75) is 38.8 Å². The van der Waals surface area contributed by atoms with Gasteiger partial charge in [-0.05, 0) is 38.0 Å². The molecule has 3 fully saturated rings. The number of urea groups is 1. The van der Waals surface area contributed by atoms with E-state index in [1.165, 1.54) is 4.90 Å². The quantitative estimate of drug-likeness (QED) is 0.676. The van der Waals surface area contributed by atoms with Crippen LogP contribution in [-0.2, 0) is 14.3 Å². The summed E-state index contributed by atoms with van der Waals surface area (Å²) < 4.78 is 10.5. The van der Waals surface area contributed by atoms with Gasteiger partial charge in [0.1, 0.15) is 30.8 Å². The topological polar surface area (TPSA) is 94.7 Å². The number of fused-ring (bicyclic) bond motifs is 3. The fourth-order valence-electron chi connectivity index (χ4n) is 4.67. The summed E-state index contributed by atoms with van der Waals surface area (Å²) in [5, 5.41) is 3.46. The van der Waals surface area contributed by atoms with Crippen molar-refractivity contribution in [3.05, 3.63) is 23.8 Å². The van der Waals surface area contributed by atoms with E-state index in [0.29, 0.717) is 6.54 Å². The molecule has 0 aromatic heterocycles. The van der Waals surface area contributed by atoms with Crippen LogP contribution in [0.4, 0.5) is 10.5 Å². The van der Waals surface area contributed by atoms with Crippen LogP contribution >= 0.6 is 0 Å². The Morgan fingerprint density at radius 1 is 1.26 bits per heavy atom. The number of likely N-dealkylation sites (N-methyl/N-ethyl adjacent to an activating group) is 1. The highest BCUT2D eigenvalue weighted by molar-refractivity contribution is 6.02. The highest BCUT2D eigenvalue weighted by Crippen LogP contribution is 2.37. The van der Waals surface area contributed by atoms with Crippen LogP contribution in [0.1, 0.15) is 18.9 Å². The van der Waals surface area contributed by atoms with Crippen LogP contribution in [0.5, 0.6) is 5.75 Å².